The second-order valence-electron chi connectivity index (χ2n) is 6.70. The van der Waals surface area contributed by atoms with E-state index in [4.69, 9.17) is 10.8 Å². The van der Waals surface area contributed by atoms with Crippen LogP contribution in [-0.4, -0.2) is 29.7 Å². The predicted octanol–water partition coefficient (Wildman–Crippen LogP) is 3.31. The molecule has 6 N–H and O–H groups in total. The molecule has 2 aromatic rings. The molecule has 150 valence electrons. The van der Waals surface area contributed by atoms with Crippen LogP contribution in [0.5, 0.6) is 0 Å². The highest BCUT2D eigenvalue weighted by Gasteiger charge is 2.17. The van der Waals surface area contributed by atoms with Crippen LogP contribution >= 0.6 is 0 Å². The van der Waals surface area contributed by atoms with Crippen molar-refractivity contribution in [3.8, 4) is 0 Å². The van der Waals surface area contributed by atoms with E-state index in [0.29, 0.717) is 25.2 Å². The number of benzene rings is 2. The Kier molecular flexibility index (Phi) is 8.45. The van der Waals surface area contributed by atoms with Crippen LogP contribution in [-0.2, 0) is 11.3 Å². The van der Waals surface area contributed by atoms with Gasteiger partial charge in [0.2, 0.25) is 5.91 Å². The van der Waals surface area contributed by atoms with E-state index >= 15 is 0 Å². The summed E-state index contributed by atoms with van der Waals surface area (Å²) >= 11 is 0. The molecule has 0 fully saturated rings. The minimum Gasteiger partial charge on any atom is -0.465 e. The number of hydrogen-bond acceptors (Lipinski definition) is 4. The van der Waals surface area contributed by atoms with Crippen molar-refractivity contribution in [2.45, 2.75) is 38.8 Å². The second kappa shape index (κ2) is 11.1. The minimum absolute atomic E-state index is 0.0787. The molecule has 0 unspecified atom stereocenters. The maximum Gasteiger partial charge on any atom is 0.409 e. The Morgan fingerprint density at radius 3 is 2.18 bits per heavy atom. The minimum atomic E-state index is -1.10. The number of rotatable bonds is 10. The molecule has 7 heteroatoms. The first-order valence-corrected chi connectivity index (χ1v) is 9.38. The van der Waals surface area contributed by atoms with Gasteiger partial charge in [-0.1, -0.05) is 36.2 Å². The largest absolute Gasteiger partial charge is 0.465 e. The molecule has 0 aliphatic rings. The maximum atomic E-state index is 12.7. The zero-order valence-electron chi connectivity index (χ0n) is 16.1. The van der Waals surface area contributed by atoms with Crippen molar-refractivity contribution < 1.29 is 14.7 Å². The highest BCUT2D eigenvalue weighted by Crippen LogP contribution is 2.13. The zero-order chi connectivity index (χ0) is 20.4. The van der Waals surface area contributed by atoms with Gasteiger partial charge in [0.1, 0.15) is 0 Å². The van der Waals surface area contributed by atoms with Crippen molar-refractivity contribution in [1.29, 1.82) is 0 Å². The average molecular weight is 384 g/mol. The fourth-order valence-corrected chi connectivity index (χ4v) is 2.76. The van der Waals surface area contributed by atoms with Gasteiger partial charge in [-0.25, -0.2) is 4.79 Å². The van der Waals surface area contributed by atoms with Gasteiger partial charge >= 0.3 is 6.09 Å². The average Bonchev–Trinajstić information content (AvgIpc) is 2.67. The van der Waals surface area contributed by atoms with Crippen molar-refractivity contribution in [2.75, 3.05) is 17.2 Å². The lowest BCUT2D eigenvalue weighted by atomic mass is 10.1. The fourth-order valence-electron chi connectivity index (χ4n) is 2.76. The van der Waals surface area contributed by atoms with Crippen LogP contribution in [0, 0.1) is 6.92 Å². The number of carbonyl (C=O) groups excluding carboxylic acids is 1. The maximum absolute atomic E-state index is 12.7. The lowest BCUT2D eigenvalue weighted by Gasteiger charge is -2.19. The molecule has 0 aliphatic heterocycles. The molecule has 0 heterocycles. The topological polar surface area (TPSA) is 116 Å². The van der Waals surface area contributed by atoms with E-state index in [1.807, 2.05) is 43.3 Å². The molecule has 0 saturated heterocycles. The summed E-state index contributed by atoms with van der Waals surface area (Å²) in [5, 5.41) is 17.3. The van der Waals surface area contributed by atoms with Gasteiger partial charge < -0.3 is 21.5 Å². The first-order chi connectivity index (χ1) is 13.5. The normalized spacial score (nSPS) is 11.6. The molecule has 0 saturated carbocycles. The highest BCUT2D eigenvalue weighted by atomic mass is 16.4. The summed E-state index contributed by atoms with van der Waals surface area (Å²) in [7, 11) is 0. The molecule has 0 radical (unpaired) electrons. The van der Waals surface area contributed by atoms with Gasteiger partial charge in [-0.15, -0.1) is 0 Å². The summed E-state index contributed by atoms with van der Waals surface area (Å²) in [6.45, 7) is 3.10. The third kappa shape index (κ3) is 7.38. The van der Waals surface area contributed by atoms with E-state index in [2.05, 4.69) is 16.0 Å². The van der Waals surface area contributed by atoms with Crippen LogP contribution in [0.3, 0.4) is 0 Å². The van der Waals surface area contributed by atoms with Crippen LogP contribution in [0.25, 0.3) is 0 Å². The van der Waals surface area contributed by atoms with Gasteiger partial charge in [0.15, 0.2) is 0 Å². The van der Waals surface area contributed by atoms with Crippen LogP contribution in [0.4, 0.5) is 16.2 Å². The van der Waals surface area contributed by atoms with Crippen molar-refractivity contribution in [3.05, 3.63) is 59.7 Å². The van der Waals surface area contributed by atoms with Crippen LogP contribution in [0.1, 0.15) is 30.4 Å². The molecule has 2 aromatic carbocycles. The molecule has 28 heavy (non-hydrogen) atoms. The number of nitrogens with two attached hydrogens (primary N) is 1. The zero-order valence-corrected chi connectivity index (χ0v) is 16.1. The first-order valence-electron chi connectivity index (χ1n) is 9.38. The smallest absolute Gasteiger partial charge is 0.409 e. The quantitative estimate of drug-likeness (QED) is 0.403. The number of hydrogen-bond donors (Lipinski definition) is 5. The van der Waals surface area contributed by atoms with E-state index in [9.17, 15) is 9.59 Å². The molecular formula is C21H28N4O3. The second-order valence-corrected chi connectivity index (χ2v) is 6.70. The number of carboxylic acid groups (broad SMARTS) is 1. The van der Waals surface area contributed by atoms with Gasteiger partial charge in [-0.05, 0) is 56.1 Å². The van der Waals surface area contributed by atoms with Crippen molar-refractivity contribution >= 4 is 23.4 Å². The fraction of sp³-hybridized carbons (Fsp3) is 0.333. The molecule has 0 aliphatic carbocycles. The van der Waals surface area contributed by atoms with E-state index < -0.39 is 6.09 Å². The molecule has 0 spiro atoms. The molecule has 0 aromatic heterocycles. The third-order valence-corrected chi connectivity index (χ3v) is 4.34. The number of carbonyl (C=O) groups is 2. The van der Waals surface area contributed by atoms with Gasteiger partial charge in [0, 0.05) is 17.9 Å². The summed E-state index contributed by atoms with van der Waals surface area (Å²) in [6.07, 6.45) is 1.31. The Morgan fingerprint density at radius 1 is 0.964 bits per heavy atom. The molecule has 2 amide bonds. The lowest BCUT2D eigenvalue weighted by Crippen LogP contribution is -2.40. The Balaban J connectivity index is 1.96. The Morgan fingerprint density at radius 2 is 1.57 bits per heavy atom. The molecule has 0 bridgehead atoms. The Labute approximate surface area is 165 Å². The summed E-state index contributed by atoms with van der Waals surface area (Å²) in [5.41, 5.74) is 8.95. The summed E-state index contributed by atoms with van der Waals surface area (Å²) in [5.74, 6) is -0.0787. The SMILES string of the molecule is Cc1ccc(NC(=O)[C@H](CCCCN)NCc2ccc(NC(=O)O)cc2)cc1. The Hall–Kier alpha value is -2.90. The van der Waals surface area contributed by atoms with Crippen molar-refractivity contribution in [1.82, 2.24) is 5.32 Å². The van der Waals surface area contributed by atoms with E-state index in [1.54, 1.807) is 12.1 Å². The third-order valence-electron chi connectivity index (χ3n) is 4.34. The van der Waals surface area contributed by atoms with Gasteiger partial charge in [-0.2, -0.15) is 0 Å². The van der Waals surface area contributed by atoms with Crippen LogP contribution in [0.2, 0.25) is 0 Å². The molecule has 2 rings (SSSR count). The molecule has 1 atom stereocenters. The summed E-state index contributed by atoms with van der Waals surface area (Å²) in [6, 6.07) is 14.4. The Bertz CT molecular complexity index is 760. The van der Waals surface area contributed by atoms with E-state index in [0.717, 1.165) is 29.7 Å². The van der Waals surface area contributed by atoms with Crippen LogP contribution < -0.4 is 21.7 Å². The summed E-state index contributed by atoms with van der Waals surface area (Å²) < 4.78 is 0. The number of unbranched alkanes of at least 4 members (excludes halogenated alkanes) is 1. The van der Waals surface area contributed by atoms with Crippen molar-refractivity contribution in [3.63, 3.8) is 0 Å². The first kappa shape index (κ1) is 21.4. The summed E-state index contributed by atoms with van der Waals surface area (Å²) in [4.78, 5) is 23.4. The van der Waals surface area contributed by atoms with E-state index in [1.165, 1.54) is 0 Å². The van der Waals surface area contributed by atoms with Gasteiger partial charge in [0.05, 0.1) is 6.04 Å². The highest BCUT2D eigenvalue weighted by molar-refractivity contribution is 5.94. The molecular weight excluding hydrogens is 356 g/mol. The lowest BCUT2D eigenvalue weighted by molar-refractivity contribution is -0.118. The number of nitrogens with one attached hydrogen (secondary N) is 3. The van der Waals surface area contributed by atoms with Gasteiger partial charge in [0.25, 0.3) is 0 Å². The standard InChI is InChI=1S/C21H28N4O3/c1-15-5-9-17(10-6-15)24-20(26)19(4-2-3-13-22)23-14-16-7-11-18(12-8-16)25-21(27)28/h5-12,19,23,25H,2-4,13-14,22H2,1H3,(H,24,26)(H,27,28)/t19-/m0/s1. The van der Waals surface area contributed by atoms with Crippen molar-refractivity contribution in [2.24, 2.45) is 5.73 Å². The predicted molar refractivity (Wildman–Crippen MR) is 111 cm³/mol. The van der Waals surface area contributed by atoms with Crippen LogP contribution in [0.15, 0.2) is 48.5 Å². The number of amides is 2. The van der Waals surface area contributed by atoms with E-state index in [-0.39, 0.29) is 11.9 Å². The number of aryl methyl sites for hydroxylation is 1. The monoisotopic (exact) mass is 384 g/mol. The molecule has 7 nitrogen and oxygen atoms in total. The number of anilines is 2. The van der Waals surface area contributed by atoms with Gasteiger partial charge in [-0.3, -0.25) is 10.1 Å².